The lowest BCUT2D eigenvalue weighted by Crippen LogP contribution is -2.45. The van der Waals surface area contributed by atoms with E-state index in [9.17, 15) is 4.79 Å². The molecule has 1 aromatic carbocycles. The molecule has 0 bridgehead atoms. The SMILES string of the molecule is CC(C)(N)C(=O)Nc1ccc(CN)cc1. The highest BCUT2D eigenvalue weighted by Gasteiger charge is 2.21. The lowest BCUT2D eigenvalue weighted by Gasteiger charge is -2.17. The van der Waals surface area contributed by atoms with Crippen LogP contribution in [-0.4, -0.2) is 11.4 Å². The van der Waals surface area contributed by atoms with E-state index in [2.05, 4.69) is 5.32 Å². The highest BCUT2D eigenvalue weighted by molar-refractivity contribution is 5.97. The van der Waals surface area contributed by atoms with Crippen molar-refractivity contribution in [3.05, 3.63) is 29.8 Å². The Morgan fingerprint density at radius 3 is 2.27 bits per heavy atom. The van der Waals surface area contributed by atoms with E-state index in [1.165, 1.54) is 0 Å². The summed E-state index contributed by atoms with van der Waals surface area (Å²) in [4.78, 5) is 11.5. The molecule has 0 unspecified atom stereocenters. The Kier molecular flexibility index (Phi) is 3.44. The van der Waals surface area contributed by atoms with Crippen LogP contribution in [-0.2, 0) is 11.3 Å². The van der Waals surface area contributed by atoms with E-state index in [0.717, 1.165) is 11.3 Å². The Labute approximate surface area is 89.6 Å². The predicted molar refractivity (Wildman–Crippen MR) is 61.2 cm³/mol. The summed E-state index contributed by atoms with van der Waals surface area (Å²) in [6, 6.07) is 7.37. The zero-order chi connectivity index (χ0) is 11.5. The maximum atomic E-state index is 11.5. The number of hydrogen-bond donors (Lipinski definition) is 3. The van der Waals surface area contributed by atoms with Gasteiger partial charge in [0.05, 0.1) is 5.54 Å². The zero-order valence-electron chi connectivity index (χ0n) is 9.08. The number of benzene rings is 1. The van der Waals surface area contributed by atoms with Crippen molar-refractivity contribution in [2.24, 2.45) is 11.5 Å². The zero-order valence-corrected chi connectivity index (χ0v) is 9.08. The highest BCUT2D eigenvalue weighted by atomic mass is 16.2. The number of rotatable bonds is 3. The van der Waals surface area contributed by atoms with Crippen molar-refractivity contribution in [2.75, 3.05) is 5.32 Å². The fourth-order valence-corrected chi connectivity index (χ4v) is 1.02. The molecule has 0 saturated heterocycles. The average Bonchev–Trinajstić information content (AvgIpc) is 2.17. The van der Waals surface area contributed by atoms with Crippen LogP contribution in [0, 0.1) is 0 Å². The number of carbonyl (C=O) groups is 1. The predicted octanol–water partition coefficient (Wildman–Crippen LogP) is 0.821. The van der Waals surface area contributed by atoms with E-state index >= 15 is 0 Å². The second kappa shape index (κ2) is 4.42. The maximum absolute atomic E-state index is 11.5. The molecular formula is C11H17N3O. The molecule has 0 saturated carbocycles. The van der Waals surface area contributed by atoms with Gasteiger partial charge in [0.1, 0.15) is 0 Å². The van der Waals surface area contributed by atoms with Gasteiger partial charge < -0.3 is 16.8 Å². The minimum atomic E-state index is -0.869. The van der Waals surface area contributed by atoms with E-state index in [0.29, 0.717) is 6.54 Å². The Morgan fingerprint density at radius 1 is 1.33 bits per heavy atom. The summed E-state index contributed by atoms with van der Waals surface area (Å²) in [5.41, 5.74) is 12.0. The first-order valence-electron chi connectivity index (χ1n) is 4.83. The first-order valence-corrected chi connectivity index (χ1v) is 4.83. The maximum Gasteiger partial charge on any atom is 0.243 e. The Bertz CT molecular complexity index is 338. The number of hydrogen-bond acceptors (Lipinski definition) is 3. The fraction of sp³-hybridized carbons (Fsp3) is 0.364. The van der Waals surface area contributed by atoms with Gasteiger partial charge in [0.2, 0.25) is 5.91 Å². The molecule has 0 atom stereocenters. The van der Waals surface area contributed by atoms with Crippen molar-refractivity contribution in [2.45, 2.75) is 25.9 Å². The Morgan fingerprint density at radius 2 is 1.87 bits per heavy atom. The molecule has 82 valence electrons. The van der Waals surface area contributed by atoms with Crippen LogP contribution >= 0.6 is 0 Å². The second-order valence-electron chi connectivity index (χ2n) is 4.08. The Hall–Kier alpha value is -1.39. The third-order valence-corrected chi connectivity index (χ3v) is 2.03. The molecule has 5 N–H and O–H groups in total. The minimum absolute atomic E-state index is 0.206. The third-order valence-electron chi connectivity index (χ3n) is 2.03. The number of amides is 1. The molecule has 0 aliphatic carbocycles. The van der Waals surface area contributed by atoms with Gasteiger partial charge in [-0.1, -0.05) is 12.1 Å². The van der Waals surface area contributed by atoms with Gasteiger partial charge in [0, 0.05) is 12.2 Å². The molecule has 0 fully saturated rings. The summed E-state index contributed by atoms with van der Waals surface area (Å²) < 4.78 is 0. The standard InChI is InChI=1S/C11H17N3O/c1-11(2,13)10(15)14-9-5-3-8(7-12)4-6-9/h3-6H,7,12-13H2,1-2H3,(H,14,15). The molecule has 0 aliphatic rings. The number of anilines is 1. The van der Waals surface area contributed by atoms with Gasteiger partial charge in [-0.25, -0.2) is 0 Å². The lowest BCUT2D eigenvalue weighted by atomic mass is 10.1. The quantitative estimate of drug-likeness (QED) is 0.686. The van der Waals surface area contributed by atoms with Crippen molar-refractivity contribution in [1.82, 2.24) is 0 Å². The molecule has 0 aromatic heterocycles. The van der Waals surface area contributed by atoms with E-state index in [-0.39, 0.29) is 5.91 Å². The minimum Gasteiger partial charge on any atom is -0.326 e. The molecule has 4 heteroatoms. The van der Waals surface area contributed by atoms with Crippen LogP contribution in [0.4, 0.5) is 5.69 Å². The molecule has 0 aliphatic heterocycles. The molecular weight excluding hydrogens is 190 g/mol. The van der Waals surface area contributed by atoms with Gasteiger partial charge in [0.15, 0.2) is 0 Å². The van der Waals surface area contributed by atoms with Crippen molar-refractivity contribution in [3.63, 3.8) is 0 Å². The summed E-state index contributed by atoms with van der Waals surface area (Å²) in [6.45, 7) is 3.82. The van der Waals surface area contributed by atoms with Gasteiger partial charge >= 0.3 is 0 Å². The van der Waals surface area contributed by atoms with Gasteiger partial charge in [-0.2, -0.15) is 0 Å². The van der Waals surface area contributed by atoms with Crippen LogP contribution in [0.5, 0.6) is 0 Å². The van der Waals surface area contributed by atoms with E-state index in [4.69, 9.17) is 11.5 Å². The smallest absolute Gasteiger partial charge is 0.243 e. The van der Waals surface area contributed by atoms with Gasteiger partial charge in [0.25, 0.3) is 0 Å². The third kappa shape index (κ3) is 3.34. The molecule has 0 radical (unpaired) electrons. The molecule has 1 aromatic rings. The summed E-state index contributed by atoms with van der Waals surface area (Å²) in [7, 11) is 0. The summed E-state index contributed by atoms with van der Waals surface area (Å²) >= 11 is 0. The monoisotopic (exact) mass is 207 g/mol. The van der Waals surface area contributed by atoms with E-state index in [1.807, 2.05) is 24.3 Å². The van der Waals surface area contributed by atoms with Gasteiger partial charge in [-0.05, 0) is 31.5 Å². The number of carbonyl (C=O) groups excluding carboxylic acids is 1. The molecule has 4 nitrogen and oxygen atoms in total. The van der Waals surface area contributed by atoms with Gasteiger partial charge in [-0.3, -0.25) is 4.79 Å². The Balaban J connectivity index is 2.70. The fourth-order valence-electron chi connectivity index (χ4n) is 1.02. The van der Waals surface area contributed by atoms with Crippen molar-refractivity contribution in [3.8, 4) is 0 Å². The van der Waals surface area contributed by atoms with Crippen molar-refractivity contribution in [1.29, 1.82) is 0 Å². The van der Waals surface area contributed by atoms with Crippen LogP contribution in [0.3, 0.4) is 0 Å². The molecule has 1 rings (SSSR count). The van der Waals surface area contributed by atoms with Crippen molar-refractivity contribution < 1.29 is 4.79 Å². The van der Waals surface area contributed by atoms with E-state index < -0.39 is 5.54 Å². The van der Waals surface area contributed by atoms with Gasteiger partial charge in [-0.15, -0.1) is 0 Å². The molecule has 0 heterocycles. The first kappa shape index (κ1) is 11.7. The first-order chi connectivity index (χ1) is 6.93. The summed E-state index contributed by atoms with van der Waals surface area (Å²) in [6.07, 6.45) is 0. The number of nitrogens with one attached hydrogen (secondary N) is 1. The molecule has 0 spiro atoms. The molecule has 15 heavy (non-hydrogen) atoms. The summed E-state index contributed by atoms with van der Waals surface area (Å²) in [5, 5.41) is 2.73. The van der Waals surface area contributed by atoms with Crippen LogP contribution in [0.15, 0.2) is 24.3 Å². The van der Waals surface area contributed by atoms with Crippen LogP contribution in [0.1, 0.15) is 19.4 Å². The van der Waals surface area contributed by atoms with Crippen LogP contribution < -0.4 is 16.8 Å². The largest absolute Gasteiger partial charge is 0.326 e. The molecule has 1 amide bonds. The van der Waals surface area contributed by atoms with Crippen LogP contribution in [0.2, 0.25) is 0 Å². The average molecular weight is 207 g/mol. The van der Waals surface area contributed by atoms with Crippen LogP contribution in [0.25, 0.3) is 0 Å². The normalized spacial score (nSPS) is 11.2. The topological polar surface area (TPSA) is 81.1 Å². The second-order valence-corrected chi connectivity index (χ2v) is 4.08. The number of nitrogens with two attached hydrogens (primary N) is 2. The van der Waals surface area contributed by atoms with E-state index in [1.54, 1.807) is 13.8 Å². The lowest BCUT2D eigenvalue weighted by molar-refractivity contribution is -0.120. The van der Waals surface area contributed by atoms with Crippen molar-refractivity contribution >= 4 is 11.6 Å². The highest BCUT2D eigenvalue weighted by Crippen LogP contribution is 2.11. The summed E-state index contributed by atoms with van der Waals surface area (Å²) in [5.74, 6) is -0.206.